The average Bonchev–Trinajstić information content (AvgIpc) is 3.38. The standard InChI is InChI=1S/C67H120O5/c1-3-5-7-9-11-13-15-17-19-21-23-25-27-28-29-30-31-32-33-34-35-36-37-38-40-41-43-45-47-49-51-53-55-57-59-61-66(69)71-64-65(63-68)72-67(70)62-60-58-56-54-52-50-48-46-44-42-39-26-24-22-20-18-16-14-12-10-8-6-4-2/h6,8,12,14-15,17-18,20-21,23-24,26,65,68H,3-5,7,9-11,13,16,19,22,25,27-64H2,1-2H3/b8-6-,14-12-,17-15-,20-18-,23-21-,26-24-. The number of esters is 2. The maximum atomic E-state index is 12.3. The molecule has 5 nitrogen and oxygen atoms in total. The molecule has 0 fully saturated rings. The van der Waals surface area contributed by atoms with Crippen LogP contribution in [-0.4, -0.2) is 36.4 Å². The van der Waals surface area contributed by atoms with Gasteiger partial charge in [-0.25, -0.2) is 0 Å². The molecule has 0 aromatic rings. The summed E-state index contributed by atoms with van der Waals surface area (Å²) in [6.07, 6.45) is 86.2. The molecule has 0 bridgehead atoms. The summed E-state index contributed by atoms with van der Waals surface area (Å²) >= 11 is 0. The van der Waals surface area contributed by atoms with Crippen molar-refractivity contribution in [3.63, 3.8) is 0 Å². The Morgan fingerprint density at radius 3 is 0.903 bits per heavy atom. The van der Waals surface area contributed by atoms with Crippen molar-refractivity contribution in [3.05, 3.63) is 72.9 Å². The maximum absolute atomic E-state index is 12.3. The number of carbonyl (C=O) groups is 2. The van der Waals surface area contributed by atoms with Gasteiger partial charge in [-0.15, -0.1) is 0 Å². The number of ether oxygens (including phenoxy) is 2. The second-order valence-electron chi connectivity index (χ2n) is 21.1. The van der Waals surface area contributed by atoms with Crippen LogP contribution in [0, 0.1) is 0 Å². The lowest BCUT2D eigenvalue weighted by molar-refractivity contribution is -0.161. The van der Waals surface area contributed by atoms with Gasteiger partial charge in [-0.1, -0.05) is 299 Å². The van der Waals surface area contributed by atoms with Crippen LogP contribution >= 0.6 is 0 Å². The molecule has 418 valence electrons. The summed E-state index contributed by atoms with van der Waals surface area (Å²) in [6, 6.07) is 0. The highest BCUT2D eigenvalue weighted by molar-refractivity contribution is 5.70. The van der Waals surface area contributed by atoms with Gasteiger partial charge >= 0.3 is 11.9 Å². The second-order valence-corrected chi connectivity index (χ2v) is 21.1. The van der Waals surface area contributed by atoms with Gasteiger partial charge in [-0.3, -0.25) is 9.59 Å². The lowest BCUT2D eigenvalue weighted by atomic mass is 10.0. The van der Waals surface area contributed by atoms with E-state index in [4.69, 9.17) is 9.47 Å². The summed E-state index contributed by atoms with van der Waals surface area (Å²) < 4.78 is 10.7. The largest absolute Gasteiger partial charge is 0.462 e. The predicted octanol–water partition coefficient (Wildman–Crippen LogP) is 21.5. The van der Waals surface area contributed by atoms with Crippen LogP contribution in [0.2, 0.25) is 0 Å². The highest BCUT2D eigenvalue weighted by atomic mass is 16.6. The van der Waals surface area contributed by atoms with E-state index in [1.165, 1.54) is 225 Å². The monoisotopic (exact) mass is 1000 g/mol. The van der Waals surface area contributed by atoms with E-state index < -0.39 is 6.10 Å². The Kier molecular flexibility index (Phi) is 60.3. The number of rotatable bonds is 58. The van der Waals surface area contributed by atoms with Crippen molar-refractivity contribution in [1.82, 2.24) is 0 Å². The molecular weight excluding hydrogens is 885 g/mol. The topological polar surface area (TPSA) is 72.8 Å². The Labute approximate surface area is 448 Å². The van der Waals surface area contributed by atoms with Crippen LogP contribution in [0.25, 0.3) is 0 Å². The van der Waals surface area contributed by atoms with Crippen molar-refractivity contribution in [2.45, 2.75) is 328 Å². The van der Waals surface area contributed by atoms with E-state index in [1.807, 2.05) is 0 Å². The third kappa shape index (κ3) is 59.9. The minimum absolute atomic E-state index is 0.0664. The fourth-order valence-electron chi connectivity index (χ4n) is 9.29. The zero-order chi connectivity index (χ0) is 52.0. The van der Waals surface area contributed by atoms with Crippen molar-refractivity contribution < 1.29 is 24.2 Å². The van der Waals surface area contributed by atoms with E-state index in [-0.39, 0.29) is 25.2 Å². The van der Waals surface area contributed by atoms with Crippen molar-refractivity contribution in [2.24, 2.45) is 0 Å². The first-order valence-corrected chi connectivity index (χ1v) is 31.5. The Balaban J connectivity index is 3.42. The van der Waals surface area contributed by atoms with Crippen LogP contribution in [0.1, 0.15) is 322 Å². The second kappa shape index (κ2) is 62.6. The van der Waals surface area contributed by atoms with E-state index in [1.54, 1.807) is 0 Å². The molecule has 0 saturated heterocycles. The first kappa shape index (κ1) is 69.3. The number of hydrogen-bond donors (Lipinski definition) is 1. The maximum Gasteiger partial charge on any atom is 0.306 e. The molecule has 0 spiro atoms. The van der Waals surface area contributed by atoms with Gasteiger partial charge in [0.05, 0.1) is 6.61 Å². The van der Waals surface area contributed by atoms with Crippen molar-refractivity contribution >= 4 is 11.9 Å². The third-order valence-electron chi connectivity index (χ3n) is 14.0. The number of aliphatic hydroxyl groups is 1. The molecule has 0 aromatic heterocycles. The minimum Gasteiger partial charge on any atom is -0.462 e. The number of allylic oxidation sites excluding steroid dienone is 12. The van der Waals surface area contributed by atoms with E-state index in [2.05, 4.69) is 86.8 Å². The van der Waals surface area contributed by atoms with Gasteiger partial charge in [0.2, 0.25) is 0 Å². The zero-order valence-corrected chi connectivity index (χ0v) is 47.9. The molecule has 0 aromatic carbocycles. The third-order valence-corrected chi connectivity index (χ3v) is 14.0. The van der Waals surface area contributed by atoms with Gasteiger partial charge in [0.15, 0.2) is 6.10 Å². The molecule has 0 radical (unpaired) electrons. The minimum atomic E-state index is -0.777. The summed E-state index contributed by atoms with van der Waals surface area (Å²) in [5.41, 5.74) is 0. The highest BCUT2D eigenvalue weighted by Gasteiger charge is 2.16. The summed E-state index contributed by atoms with van der Waals surface area (Å²) in [5.74, 6) is -0.583. The molecule has 0 aliphatic carbocycles. The molecule has 0 amide bonds. The van der Waals surface area contributed by atoms with E-state index in [0.29, 0.717) is 12.8 Å². The number of unbranched alkanes of at least 4 members (excludes halogenated alkanes) is 38. The molecule has 0 heterocycles. The lowest BCUT2D eigenvalue weighted by Gasteiger charge is -2.15. The zero-order valence-electron chi connectivity index (χ0n) is 47.9. The van der Waals surface area contributed by atoms with Gasteiger partial charge < -0.3 is 14.6 Å². The van der Waals surface area contributed by atoms with Gasteiger partial charge in [0.25, 0.3) is 0 Å². The number of hydrogen-bond acceptors (Lipinski definition) is 5. The van der Waals surface area contributed by atoms with Gasteiger partial charge in [-0.2, -0.15) is 0 Å². The Morgan fingerprint density at radius 1 is 0.333 bits per heavy atom. The molecule has 5 heteroatoms. The SMILES string of the molecule is CC/C=C\C/C=C\C/C=C\C/C=C\CCCCCCCCCCCCC(=O)OC(CO)COC(=O)CCCCCCCCCCCCCCCCCCCCCCCCC/C=C\C/C=C\CCCCCCC. The van der Waals surface area contributed by atoms with E-state index >= 15 is 0 Å². The van der Waals surface area contributed by atoms with Crippen LogP contribution in [0.15, 0.2) is 72.9 Å². The summed E-state index contributed by atoms with van der Waals surface area (Å²) in [5, 5.41) is 9.67. The quantitative estimate of drug-likeness (QED) is 0.0373. The highest BCUT2D eigenvalue weighted by Crippen LogP contribution is 2.17. The van der Waals surface area contributed by atoms with Crippen LogP contribution in [0.4, 0.5) is 0 Å². The molecular formula is C67H120O5. The smallest absolute Gasteiger partial charge is 0.306 e. The molecule has 0 aliphatic rings. The summed E-state index contributed by atoms with van der Waals surface area (Å²) in [4.78, 5) is 24.6. The van der Waals surface area contributed by atoms with Crippen LogP contribution in [0.5, 0.6) is 0 Å². The number of carbonyl (C=O) groups excluding carboxylic acids is 2. The average molecular weight is 1010 g/mol. The Morgan fingerprint density at radius 2 is 0.597 bits per heavy atom. The summed E-state index contributed by atoms with van der Waals surface area (Å²) in [7, 11) is 0. The van der Waals surface area contributed by atoms with Crippen molar-refractivity contribution in [2.75, 3.05) is 13.2 Å². The molecule has 0 aliphatic heterocycles. The molecule has 1 N–H and O–H groups in total. The fraction of sp³-hybridized carbons (Fsp3) is 0.791. The molecule has 1 atom stereocenters. The lowest BCUT2D eigenvalue weighted by Crippen LogP contribution is -2.28. The Hall–Kier alpha value is -2.66. The van der Waals surface area contributed by atoms with Crippen molar-refractivity contribution in [1.29, 1.82) is 0 Å². The fourth-order valence-corrected chi connectivity index (χ4v) is 9.29. The molecule has 72 heavy (non-hydrogen) atoms. The van der Waals surface area contributed by atoms with Gasteiger partial charge in [0.1, 0.15) is 6.61 Å². The van der Waals surface area contributed by atoms with Crippen LogP contribution in [0.3, 0.4) is 0 Å². The summed E-state index contributed by atoms with van der Waals surface area (Å²) in [6.45, 7) is 4.05. The van der Waals surface area contributed by atoms with Crippen LogP contribution < -0.4 is 0 Å². The number of aliphatic hydroxyl groups excluding tert-OH is 1. The van der Waals surface area contributed by atoms with Gasteiger partial charge in [0, 0.05) is 12.8 Å². The first-order valence-electron chi connectivity index (χ1n) is 31.5. The van der Waals surface area contributed by atoms with E-state index in [0.717, 1.165) is 70.6 Å². The molecule has 1 unspecified atom stereocenters. The molecule has 0 saturated carbocycles. The predicted molar refractivity (Wildman–Crippen MR) is 316 cm³/mol. The van der Waals surface area contributed by atoms with Gasteiger partial charge in [-0.05, 0) is 83.5 Å². The molecule has 0 rings (SSSR count). The Bertz CT molecular complexity index is 1270. The first-order chi connectivity index (χ1) is 35.6. The van der Waals surface area contributed by atoms with E-state index in [9.17, 15) is 14.7 Å². The normalized spacial score (nSPS) is 12.7. The van der Waals surface area contributed by atoms with Crippen LogP contribution in [-0.2, 0) is 19.1 Å². The van der Waals surface area contributed by atoms with Crippen molar-refractivity contribution in [3.8, 4) is 0 Å².